The molecule has 3 aliphatic rings. The van der Waals surface area contributed by atoms with Crippen molar-refractivity contribution >= 4 is 5.70 Å². The van der Waals surface area contributed by atoms with E-state index in [0.717, 1.165) is 48.7 Å². The first-order valence-corrected chi connectivity index (χ1v) is 10.1. The van der Waals surface area contributed by atoms with Gasteiger partial charge in [0.15, 0.2) is 17.2 Å². The molecule has 0 aromatic heterocycles. The third-order valence-corrected chi connectivity index (χ3v) is 6.37. The smallest absolute Gasteiger partial charge is 0.191 e. The zero-order valence-electron chi connectivity index (χ0n) is 16.8. The van der Waals surface area contributed by atoms with Gasteiger partial charge in [-0.2, -0.15) is 5.01 Å². The van der Waals surface area contributed by atoms with Crippen LogP contribution in [-0.4, -0.2) is 38.0 Å². The molecule has 0 radical (unpaired) electrons. The highest BCUT2D eigenvalue weighted by Gasteiger charge is 2.53. The van der Waals surface area contributed by atoms with Crippen LogP contribution in [-0.2, 0) is 0 Å². The Morgan fingerprint density at radius 1 is 1.14 bits per heavy atom. The molecule has 28 heavy (non-hydrogen) atoms. The number of piperidine rings is 1. The average molecular weight is 378 g/mol. The number of benzene rings is 2. The molecule has 0 bridgehead atoms. The number of fused-ring (bicyclic) bond motifs is 4. The highest BCUT2D eigenvalue weighted by Crippen LogP contribution is 2.50. The molecular formula is C23H28N3O2+. The molecule has 5 rings (SSSR count). The third-order valence-electron chi connectivity index (χ3n) is 6.37. The van der Waals surface area contributed by atoms with Gasteiger partial charge in [0, 0.05) is 5.56 Å². The number of nitrogens with zero attached hydrogens (tertiary/aromatic N) is 1. The summed E-state index contributed by atoms with van der Waals surface area (Å²) in [5.74, 6) is 1.72. The minimum atomic E-state index is -0.352. The lowest BCUT2D eigenvalue weighted by Crippen LogP contribution is -3.11. The fourth-order valence-corrected chi connectivity index (χ4v) is 4.63. The molecule has 0 aliphatic carbocycles. The number of rotatable bonds is 2. The van der Waals surface area contributed by atoms with Crippen molar-refractivity contribution in [1.29, 1.82) is 0 Å². The first-order valence-electron chi connectivity index (χ1n) is 10.1. The normalized spacial score (nSPS) is 28.8. The van der Waals surface area contributed by atoms with E-state index in [1.54, 1.807) is 12.0 Å². The molecule has 0 saturated carbocycles. The van der Waals surface area contributed by atoms with Crippen LogP contribution in [0.2, 0.25) is 0 Å². The summed E-state index contributed by atoms with van der Waals surface area (Å²) in [7, 11) is 3.98. The first kappa shape index (κ1) is 17.6. The van der Waals surface area contributed by atoms with Crippen LogP contribution in [0.3, 0.4) is 0 Å². The molecule has 146 valence electrons. The molecule has 3 aliphatic heterocycles. The van der Waals surface area contributed by atoms with Gasteiger partial charge in [-0.1, -0.05) is 42.0 Å². The highest BCUT2D eigenvalue weighted by molar-refractivity contribution is 5.68. The summed E-state index contributed by atoms with van der Waals surface area (Å²) < 4.78 is 12.4. The number of para-hydroxylation sites is 1. The van der Waals surface area contributed by atoms with E-state index in [-0.39, 0.29) is 11.8 Å². The van der Waals surface area contributed by atoms with Gasteiger partial charge in [0.05, 0.1) is 51.8 Å². The minimum absolute atomic E-state index is 0.133. The van der Waals surface area contributed by atoms with Gasteiger partial charge in [-0.3, -0.25) is 0 Å². The maximum atomic E-state index is 6.74. The summed E-state index contributed by atoms with van der Waals surface area (Å²) in [6.07, 6.45) is 4.29. The van der Waals surface area contributed by atoms with Crippen molar-refractivity contribution in [2.45, 2.75) is 31.5 Å². The van der Waals surface area contributed by atoms with Crippen molar-refractivity contribution < 1.29 is 14.4 Å². The van der Waals surface area contributed by atoms with Crippen LogP contribution >= 0.6 is 0 Å². The second-order valence-electron chi connectivity index (χ2n) is 8.26. The SMILES string of the molecule is COc1cccc2c1OC1(CC[NH+](C)CC1)N1NC(c3ccc(C)cc3)=C[C@H]21. The van der Waals surface area contributed by atoms with Crippen molar-refractivity contribution in [3.63, 3.8) is 0 Å². The summed E-state index contributed by atoms with van der Waals surface area (Å²) in [5.41, 5.74) is 8.13. The Hall–Kier alpha value is -2.50. The van der Waals surface area contributed by atoms with Crippen molar-refractivity contribution in [2.24, 2.45) is 0 Å². The van der Waals surface area contributed by atoms with Gasteiger partial charge in [-0.05, 0) is 24.6 Å². The van der Waals surface area contributed by atoms with Gasteiger partial charge in [0.2, 0.25) is 0 Å². The lowest BCUT2D eigenvalue weighted by atomic mass is 9.92. The Kier molecular flexibility index (Phi) is 4.11. The quantitative estimate of drug-likeness (QED) is 0.841. The van der Waals surface area contributed by atoms with E-state index in [4.69, 9.17) is 9.47 Å². The summed E-state index contributed by atoms with van der Waals surface area (Å²) >= 11 is 0. The van der Waals surface area contributed by atoms with Crippen LogP contribution in [0.5, 0.6) is 11.5 Å². The topological polar surface area (TPSA) is 38.2 Å². The number of hydrogen-bond acceptors (Lipinski definition) is 4. The van der Waals surface area contributed by atoms with Crippen molar-refractivity contribution in [1.82, 2.24) is 10.4 Å². The van der Waals surface area contributed by atoms with E-state index >= 15 is 0 Å². The van der Waals surface area contributed by atoms with Gasteiger partial charge in [-0.15, -0.1) is 0 Å². The Bertz CT molecular complexity index is 914. The number of hydrazine groups is 1. The summed E-state index contributed by atoms with van der Waals surface area (Å²) in [5, 5.41) is 2.34. The molecule has 2 aromatic carbocycles. The maximum absolute atomic E-state index is 6.74. The largest absolute Gasteiger partial charge is 0.493 e. The molecule has 3 heterocycles. The Labute approximate surface area is 166 Å². The predicted octanol–water partition coefficient (Wildman–Crippen LogP) is 2.30. The number of quaternary nitrogens is 1. The molecule has 5 nitrogen and oxygen atoms in total. The van der Waals surface area contributed by atoms with Crippen molar-refractivity contribution in [3.8, 4) is 11.5 Å². The second-order valence-corrected chi connectivity index (χ2v) is 8.26. The van der Waals surface area contributed by atoms with Crippen LogP contribution < -0.4 is 19.8 Å². The van der Waals surface area contributed by atoms with E-state index in [1.807, 2.05) is 12.1 Å². The van der Waals surface area contributed by atoms with E-state index in [1.165, 1.54) is 11.1 Å². The van der Waals surface area contributed by atoms with Crippen LogP contribution in [0.25, 0.3) is 5.70 Å². The van der Waals surface area contributed by atoms with Gasteiger partial charge in [0.1, 0.15) is 0 Å². The Morgan fingerprint density at radius 3 is 2.61 bits per heavy atom. The third kappa shape index (κ3) is 2.69. The molecule has 5 heteroatoms. The van der Waals surface area contributed by atoms with Crippen LogP contribution in [0.4, 0.5) is 0 Å². The van der Waals surface area contributed by atoms with Crippen molar-refractivity contribution in [2.75, 3.05) is 27.2 Å². The number of hydrogen-bond donors (Lipinski definition) is 2. The predicted molar refractivity (Wildman–Crippen MR) is 109 cm³/mol. The lowest BCUT2D eigenvalue weighted by molar-refractivity contribution is -0.888. The van der Waals surface area contributed by atoms with Crippen LogP contribution in [0.15, 0.2) is 48.5 Å². The van der Waals surface area contributed by atoms with E-state index in [0.29, 0.717) is 0 Å². The fraction of sp³-hybridized carbons (Fsp3) is 0.391. The van der Waals surface area contributed by atoms with Crippen molar-refractivity contribution in [3.05, 3.63) is 65.2 Å². The standard InChI is InChI=1S/C23H27N3O2/c1-16-7-9-17(10-8-16)19-15-20-18-5-4-6-21(27-3)22(18)28-23(26(20)24-19)11-13-25(2)14-12-23/h4-10,15,20,24H,11-14H2,1-3H3/p+1/t20-/m1/s1. The number of ether oxygens (including phenoxy) is 2. The fourth-order valence-electron chi connectivity index (χ4n) is 4.63. The summed E-state index contributed by atoms with van der Waals surface area (Å²) in [6, 6.07) is 15.0. The molecule has 1 atom stereocenters. The molecule has 0 unspecified atom stereocenters. The Morgan fingerprint density at radius 2 is 1.89 bits per heavy atom. The Balaban J connectivity index is 1.60. The van der Waals surface area contributed by atoms with E-state index in [2.05, 4.69) is 60.8 Å². The zero-order valence-corrected chi connectivity index (χ0v) is 16.8. The number of likely N-dealkylation sites (tertiary alicyclic amines) is 1. The van der Waals surface area contributed by atoms with Crippen LogP contribution in [0, 0.1) is 6.92 Å². The minimum Gasteiger partial charge on any atom is -0.493 e. The molecule has 1 spiro atoms. The van der Waals surface area contributed by atoms with Gasteiger partial charge >= 0.3 is 0 Å². The van der Waals surface area contributed by atoms with E-state index in [9.17, 15) is 0 Å². The van der Waals surface area contributed by atoms with E-state index < -0.39 is 0 Å². The molecule has 1 fully saturated rings. The van der Waals surface area contributed by atoms with Gasteiger partial charge in [-0.25, -0.2) is 0 Å². The van der Waals surface area contributed by atoms with Gasteiger partial charge in [0.25, 0.3) is 0 Å². The first-order chi connectivity index (χ1) is 13.6. The summed E-state index contributed by atoms with van der Waals surface area (Å²) in [6.45, 7) is 4.31. The molecule has 2 aromatic rings. The maximum Gasteiger partial charge on any atom is 0.191 e. The lowest BCUT2D eigenvalue weighted by Gasteiger charge is -2.50. The number of methoxy groups -OCH3 is 1. The van der Waals surface area contributed by atoms with Gasteiger partial charge < -0.3 is 19.8 Å². The molecule has 0 amide bonds. The second kappa shape index (κ2) is 6.54. The number of nitrogens with one attached hydrogen (secondary N) is 2. The zero-order chi connectivity index (χ0) is 19.3. The van der Waals surface area contributed by atoms with Crippen LogP contribution in [0.1, 0.15) is 35.6 Å². The summed E-state index contributed by atoms with van der Waals surface area (Å²) in [4.78, 5) is 1.56. The molecule has 2 N–H and O–H groups in total. The molecule has 1 saturated heterocycles. The number of aryl methyl sites for hydroxylation is 1. The average Bonchev–Trinajstić information content (AvgIpc) is 3.17. The monoisotopic (exact) mass is 378 g/mol. The molecular weight excluding hydrogens is 350 g/mol. The highest BCUT2D eigenvalue weighted by atomic mass is 16.5.